The molecule has 0 spiro atoms. The van der Waals surface area contributed by atoms with Crippen LogP contribution in [0.3, 0.4) is 0 Å². The smallest absolute Gasteiger partial charge is 0.338 e. The first kappa shape index (κ1) is 10.0. The zero-order chi connectivity index (χ0) is 10.7. The van der Waals surface area contributed by atoms with E-state index in [4.69, 9.17) is 10.5 Å². The van der Waals surface area contributed by atoms with Crippen molar-refractivity contribution >= 4 is 11.7 Å². The molecule has 80 valence electrons. The number of hydrogen-bond acceptors (Lipinski definition) is 3. The number of ether oxygens (including phenoxy) is 1. The summed E-state index contributed by atoms with van der Waals surface area (Å²) in [5.74, 6) is -0.255. The molecule has 0 aliphatic heterocycles. The van der Waals surface area contributed by atoms with Gasteiger partial charge in [-0.15, -0.1) is 0 Å². The van der Waals surface area contributed by atoms with Crippen LogP contribution in [0.5, 0.6) is 0 Å². The summed E-state index contributed by atoms with van der Waals surface area (Å²) in [6.45, 7) is 0. The molecule has 0 aromatic heterocycles. The van der Waals surface area contributed by atoms with Crippen molar-refractivity contribution in [2.75, 3.05) is 5.73 Å². The van der Waals surface area contributed by atoms with Gasteiger partial charge in [-0.2, -0.15) is 0 Å². The summed E-state index contributed by atoms with van der Waals surface area (Å²) in [7, 11) is 0. The second-order valence-electron chi connectivity index (χ2n) is 3.94. The number of anilines is 1. The Kier molecular flexibility index (Phi) is 2.90. The number of rotatable bonds is 2. The molecule has 1 fully saturated rings. The fourth-order valence-electron chi connectivity index (χ4n) is 1.89. The van der Waals surface area contributed by atoms with Crippen molar-refractivity contribution in [3.8, 4) is 0 Å². The fourth-order valence-corrected chi connectivity index (χ4v) is 1.89. The van der Waals surface area contributed by atoms with Crippen LogP contribution in [0, 0.1) is 0 Å². The number of nitrogens with two attached hydrogens (primary N) is 1. The summed E-state index contributed by atoms with van der Waals surface area (Å²) in [5, 5.41) is 0. The van der Waals surface area contributed by atoms with Gasteiger partial charge in [0.25, 0.3) is 0 Å². The Hall–Kier alpha value is -1.51. The fraction of sp³-hybridized carbons (Fsp3) is 0.417. The third kappa shape index (κ3) is 2.49. The maximum atomic E-state index is 11.7. The molecular weight excluding hydrogens is 190 g/mol. The second-order valence-corrected chi connectivity index (χ2v) is 3.94. The van der Waals surface area contributed by atoms with Crippen molar-refractivity contribution in [1.29, 1.82) is 0 Å². The van der Waals surface area contributed by atoms with Gasteiger partial charge in [0.1, 0.15) is 6.10 Å². The number of benzene rings is 1. The van der Waals surface area contributed by atoms with Crippen LogP contribution in [0.15, 0.2) is 24.3 Å². The first-order chi connectivity index (χ1) is 7.25. The van der Waals surface area contributed by atoms with Gasteiger partial charge in [0.05, 0.1) is 5.56 Å². The highest BCUT2D eigenvalue weighted by Crippen LogP contribution is 2.22. The summed E-state index contributed by atoms with van der Waals surface area (Å²) in [6, 6.07) is 6.90. The quantitative estimate of drug-likeness (QED) is 0.595. The molecule has 0 radical (unpaired) electrons. The first-order valence-corrected chi connectivity index (χ1v) is 5.32. The van der Waals surface area contributed by atoms with Gasteiger partial charge in [-0.3, -0.25) is 0 Å². The molecule has 1 aromatic rings. The molecule has 0 saturated heterocycles. The van der Waals surface area contributed by atoms with E-state index in [-0.39, 0.29) is 12.1 Å². The van der Waals surface area contributed by atoms with Crippen molar-refractivity contribution in [3.63, 3.8) is 0 Å². The van der Waals surface area contributed by atoms with E-state index >= 15 is 0 Å². The zero-order valence-electron chi connectivity index (χ0n) is 8.61. The summed E-state index contributed by atoms with van der Waals surface area (Å²) in [4.78, 5) is 11.7. The molecular formula is C12H15NO2. The Labute approximate surface area is 89.2 Å². The lowest BCUT2D eigenvalue weighted by Gasteiger charge is -2.11. The number of carbonyl (C=O) groups is 1. The van der Waals surface area contributed by atoms with Crippen molar-refractivity contribution in [2.24, 2.45) is 0 Å². The van der Waals surface area contributed by atoms with Crippen molar-refractivity contribution in [2.45, 2.75) is 31.8 Å². The molecule has 0 atom stereocenters. The molecule has 3 heteroatoms. The van der Waals surface area contributed by atoms with E-state index in [2.05, 4.69) is 0 Å². The highest BCUT2D eigenvalue weighted by Gasteiger charge is 2.19. The highest BCUT2D eigenvalue weighted by molar-refractivity contribution is 5.90. The molecule has 2 N–H and O–H groups in total. The van der Waals surface area contributed by atoms with Gasteiger partial charge < -0.3 is 10.5 Å². The van der Waals surface area contributed by atoms with Crippen LogP contribution in [-0.2, 0) is 4.74 Å². The molecule has 0 amide bonds. The molecule has 1 aliphatic rings. The van der Waals surface area contributed by atoms with Crippen LogP contribution in [0.2, 0.25) is 0 Å². The van der Waals surface area contributed by atoms with Gasteiger partial charge in [0, 0.05) is 5.69 Å². The number of esters is 1. The predicted octanol–water partition coefficient (Wildman–Crippen LogP) is 2.37. The molecule has 0 bridgehead atoms. The zero-order valence-corrected chi connectivity index (χ0v) is 8.61. The average molecular weight is 205 g/mol. The third-order valence-corrected chi connectivity index (χ3v) is 2.70. The molecule has 0 unspecified atom stereocenters. The molecule has 3 nitrogen and oxygen atoms in total. The van der Waals surface area contributed by atoms with Gasteiger partial charge in [-0.05, 0) is 43.9 Å². The van der Waals surface area contributed by atoms with E-state index in [9.17, 15) is 4.79 Å². The molecule has 2 rings (SSSR count). The van der Waals surface area contributed by atoms with Crippen LogP contribution >= 0.6 is 0 Å². The third-order valence-electron chi connectivity index (χ3n) is 2.70. The molecule has 1 aromatic carbocycles. The highest BCUT2D eigenvalue weighted by atomic mass is 16.5. The lowest BCUT2D eigenvalue weighted by molar-refractivity contribution is 0.0318. The lowest BCUT2D eigenvalue weighted by Crippen LogP contribution is -2.14. The topological polar surface area (TPSA) is 52.3 Å². The van der Waals surface area contributed by atoms with Gasteiger partial charge in [0.2, 0.25) is 0 Å². The molecule has 0 heterocycles. The van der Waals surface area contributed by atoms with E-state index in [1.165, 1.54) is 0 Å². The Morgan fingerprint density at radius 2 is 2.07 bits per heavy atom. The Balaban J connectivity index is 2.01. The first-order valence-electron chi connectivity index (χ1n) is 5.32. The monoisotopic (exact) mass is 205 g/mol. The van der Waals surface area contributed by atoms with E-state index < -0.39 is 0 Å². The van der Waals surface area contributed by atoms with Gasteiger partial charge >= 0.3 is 5.97 Å². The lowest BCUT2D eigenvalue weighted by atomic mass is 10.2. The predicted molar refractivity (Wildman–Crippen MR) is 58.5 cm³/mol. The van der Waals surface area contributed by atoms with Crippen LogP contribution in [0.4, 0.5) is 5.69 Å². The van der Waals surface area contributed by atoms with Crippen molar-refractivity contribution in [3.05, 3.63) is 29.8 Å². The number of carbonyl (C=O) groups excluding carboxylic acids is 1. The normalized spacial score (nSPS) is 16.5. The van der Waals surface area contributed by atoms with Gasteiger partial charge in [-0.25, -0.2) is 4.79 Å². The van der Waals surface area contributed by atoms with E-state index in [1.807, 2.05) is 0 Å². The maximum Gasteiger partial charge on any atom is 0.338 e. The summed E-state index contributed by atoms with van der Waals surface area (Å²) in [6.07, 6.45) is 4.42. The maximum absolute atomic E-state index is 11.7. The average Bonchev–Trinajstić information content (AvgIpc) is 2.70. The van der Waals surface area contributed by atoms with E-state index in [0.29, 0.717) is 11.3 Å². The van der Waals surface area contributed by atoms with Gasteiger partial charge in [0.15, 0.2) is 0 Å². The molecule has 1 saturated carbocycles. The van der Waals surface area contributed by atoms with E-state index in [1.54, 1.807) is 24.3 Å². The van der Waals surface area contributed by atoms with Crippen LogP contribution < -0.4 is 5.73 Å². The Morgan fingerprint density at radius 1 is 1.33 bits per heavy atom. The summed E-state index contributed by atoms with van der Waals surface area (Å²) >= 11 is 0. The van der Waals surface area contributed by atoms with Crippen molar-refractivity contribution < 1.29 is 9.53 Å². The van der Waals surface area contributed by atoms with Crippen LogP contribution in [0.25, 0.3) is 0 Å². The van der Waals surface area contributed by atoms with E-state index in [0.717, 1.165) is 25.7 Å². The minimum Gasteiger partial charge on any atom is -0.459 e. The SMILES string of the molecule is Nc1cccc(C(=O)OC2CCCC2)c1. The second kappa shape index (κ2) is 4.34. The minimum atomic E-state index is -0.255. The molecule has 15 heavy (non-hydrogen) atoms. The van der Waals surface area contributed by atoms with Gasteiger partial charge in [-0.1, -0.05) is 6.07 Å². The van der Waals surface area contributed by atoms with Crippen LogP contribution in [-0.4, -0.2) is 12.1 Å². The number of nitrogen functional groups attached to an aromatic ring is 1. The standard InChI is InChI=1S/C12H15NO2/c13-10-5-3-4-9(8-10)12(14)15-11-6-1-2-7-11/h3-5,8,11H,1-2,6-7,13H2. The summed E-state index contributed by atoms with van der Waals surface area (Å²) < 4.78 is 5.36. The largest absolute Gasteiger partial charge is 0.459 e. The Bertz CT molecular complexity index is 356. The Morgan fingerprint density at radius 3 is 2.73 bits per heavy atom. The number of hydrogen-bond donors (Lipinski definition) is 1. The molecule has 1 aliphatic carbocycles. The van der Waals surface area contributed by atoms with Crippen LogP contribution in [0.1, 0.15) is 36.0 Å². The van der Waals surface area contributed by atoms with Crippen molar-refractivity contribution in [1.82, 2.24) is 0 Å². The minimum absolute atomic E-state index is 0.110. The summed E-state index contributed by atoms with van der Waals surface area (Å²) in [5.41, 5.74) is 6.73.